The lowest BCUT2D eigenvalue weighted by molar-refractivity contribution is 1.16. The lowest BCUT2D eigenvalue weighted by Gasteiger charge is -2.12. The van der Waals surface area contributed by atoms with E-state index in [9.17, 15) is 0 Å². The first-order valence-electron chi connectivity index (χ1n) is 5.15. The zero-order valence-corrected chi connectivity index (χ0v) is 12.1. The van der Waals surface area contributed by atoms with Gasteiger partial charge in [-0.05, 0) is 13.0 Å². The SMILES string of the molecule is Cc1c(N)nc(N)nc1-c1cc(Cl)c(N)c(Cl)c1Cl. The van der Waals surface area contributed by atoms with Gasteiger partial charge in [-0.15, -0.1) is 0 Å². The molecule has 100 valence electrons. The van der Waals surface area contributed by atoms with Crippen LogP contribution in [0.25, 0.3) is 11.3 Å². The van der Waals surface area contributed by atoms with E-state index in [1.54, 1.807) is 13.0 Å². The number of nitrogens with two attached hydrogens (primary N) is 3. The van der Waals surface area contributed by atoms with Crippen LogP contribution < -0.4 is 17.2 Å². The van der Waals surface area contributed by atoms with Crippen LogP contribution in [0.1, 0.15) is 5.56 Å². The molecular weight excluding hydrogens is 309 g/mol. The predicted octanol–water partition coefficient (Wildman–Crippen LogP) is 3.16. The van der Waals surface area contributed by atoms with Gasteiger partial charge in [0.05, 0.1) is 26.4 Å². The summed E-state index contributed by atoms with van der Waals surface area (Å²) in [5.41, 5.74) is 18.9. The van der Waals surface area contributed by atoms with Crippen molar-refractivity contribution in [3.63, 3.8) is 0 Å². The van der Waals surface area contributed by atoms with Crippen molar-refractivity contribution in [3.05, 3.63) is 26.7 Å². The van der Waals surface area contributed by atoms with Gasteiger partial charge < -0.3 is 17.2 Å². The molecule has 0 saturated heterocycles. The maximum Gasteiger partial charge on any atom is 0.222 e. The number of hydrogen-bond donors (Lipinski definition) is 3. The summed E-state index contributed by atoms with van der Waals surface area (Å²) in [6.07, 6.45) is 0. The fourth-order valence-corrected chi connectivity index (χ4v) is 2.30. The molecule has 0 spiro atoms. The van der Waals surface area contributed by atoms with E-state index in [1.165, 1.54) is 0 Å². The van der Waals surface area contributed by atoms with Crippen molar-refractivity contribution >= 4 is 52.3 Å². The molecule has 0 atom stereocenters. The third-order valence-electron chi connectivity index (χ3n) is 2.65. The van der Waals surface area contributed by atoms with Crippen molar-refractivity contribution < 1.29 is 0 Å². The van der Waals surface area contributed by atoms with Gasteiger partial charge in [0, 0.05) is 11.1 Å². The molecule has 5 nitrogen and oxygen atoms in total. The van der Waals surface area contributed by atoms with E-state index in [1.807, 2.05) is 0 Å². The van der Waals surface area contributed by atoms with Crippen molar-refractivity contribution in [1.82, 2.24) is 9.97 Å². The summed E-state index contributed by atoms with van der Waals surface area (Å²) in [6.45, 7) is 1.75. The third-order valence-corrected chi connectivity index (χ3v) is 3.84. The van der Waals surface area contributed by atoms with E-state index < -0.39 is 0 Å². The van der Waals surface area contributed by atoms with Crippen LogP contribution in [0.5, 0.6) is 0 Å². The van der Waals surface area contributed by atoms with E-state index in [2.05, 4.69) is 9.97 Å². The summed E-state index contributed by atoms with van der Waals surface area (Å²) < 4.78 is 0. The molecule has 1 aromatic carbocycles. The quantitative estimate of drug-likeness (QED) is 0.553. The molecule has 19 heavy (non-hydrogen) atoms. The minimum Gasteiger partial charge on any atom is -0.396 e. The van der Waals surface area contributed by atoms with Gasteiger partial charge in [-0.2, -0.15) is 4.98 Å². The predicted molar refractivity (Wildman–Crippen MR) is 80.5 cm³/mol. The van der Waals surface area contributed by atoms with E-state index in [0.717, 1.165) is 0 Å². The van der Waals surface area contributed by atoms with Crippen molar-refractivity contribution in [2.45, 2.75) is 6.92 Å². The second-order valence-corrected chi connectivity index (χ2v) is 5.05. The summed E-state index contributed by atoms with van der Waals surface area (Å²) >= 11 is 18.2. The summed E-state index contributed by atoms with van der Waals surface area (Å²) in [5, 5.41) is 0.683. The molecule has 1 heterocycles. The second kappa shape index (κ2) is 4.92. The third kappa shape index (κ3) is 2.36. The molecule has 6 N–H and O–H groups in total. The molecule has 2 aromatic rings. The molecule has 0 unspecified atom stereocenters. The van der Waals surface area contributed by atoms with Gasteiger partial charge in [0.15, 0.2) is 0 Å². The van der Waals surface area contributed by atoms with Gasteiger partial charge in [0.1, 0.15) is 5.82 Å². The molecule has 8 heteroatoms. The van der Waals surface area contributed by atoms with Crippen molar-refractivity contribution in [1.29, 1.82) is 0 Å². The van der Waals surface area contributed by atoms with Crippen LogP contribution in [0.3, 0.4) is 0 Å². The van der Waals surface area contributed by atoms with Crippen LogP contribution in [0.4, 0.5) is 17.5 Å². The lowest BCUT2D eigenvalue weighted by atomic mass is 10.1. The topological polar surface area (TPSA) is 104 Å². The second-order valence-electron chi connectivity index (χ2n) is 3.89. The molecule has 0 saturated carbocycles. The Labute approximate surface area is 124 Å². The number of aromatic nitrogens is 2. The summed E-state index contributed by atoms with van der Waals surface area (Å²) in [7, 11) is 0. The zero-order chi connectivity index (χ0) is 14.3. The first-order valence-corrected chi connectivity index (χ1v) is 6.29. The fraction of sp³-hybridized carbons (Fsp3) is 0.0909. The Balaban J connectivity index is 2.80. The van der Waals surface area contributed by atoms with E-state index in [-0.39, 0.29) is 32.5 Å². The number of anilines is 3. The first-order chi connectivity index (χ1) is 8.82. The molecule has 0 aliphatic carbocycles. The smallest absolute Gasteiger partial charge is 0.222 e. The number of hydrogen-bond acceptors (Lipinski definition) is 5. The number of halogens is 3. The normalized spacial score (nSPS) is 10.7. The van der Waals surface area contributed by atoms with Crippen LogP contribution in [0.2, 0.25) is 15.1 Å². The average Bonchev–Trinajstić information content (AvgIpc) is 2.36. The van der Waals surface area contributed by atoms with Gasteiger partial charge in [-0.25, -0.2) is 4.98 Å². The highest BCUT2D eigenvalue weighted by molar-refractivity contribution is 6.47. The molecule has 0 aliphatic rings. The Morgan fingerprint density at radius 1 is 1.00 bits per heavy atom. The molecule has 0 amide bonds. The highest BCUT2D eigenvalue weighted by Crippen LogP contribution is 2.42. The molecule has 2 rings (SSSR count). The van der Waals surface area contributed by atoms with E-state index in [0.29, 0.717) is 16.8 Å². The Kier molecular flexibility index (Phi) is 3.62. The fourth-order valence-electron chi connectivity index (χ4n) is 1.60. The van der Waals surface area contributed by atoms with E-state index in [4.69, 9.17) is 52.0 Å². The maximum atomic E-state index is 6.17. The van der Waals surface area contributed by atoms with Crippen molar-refractivity contribution in [2.75, 3.05) is 17.2 Å². The van der Waals surface area contributed by atoms with Crippen LogP contribution in [0, 0.1) is 6.92 Å². The number of nitrogens with zero attached hydrogens (tertiary/aromatic N) is 2. The minimum atomic E-state index is 0.0400. The Bertz CT molecular complexity index is 672. The van der Waals surface area contributed by atoms with Gasteiger partial charge >= 0.3 is 0 Å². The molecule has 0 radical (unpaired) electrons. The Morgan fingerprint density at radius 2 is 1.63 bits per heavy atom. The summed E-state index contributed by atoms with van der Waals surface area (Å²) in [5.74, 6) is 0.306. The van der Waals surface area contributed by atoms with Gasteiger partial charge in [0.25, 0.3) is 0 Å². The summed E-state index contributed by atoms with van der Waals surface area (Å²) in [6, 6.07) is 1.57. The Morgan fingerprint density at radius 3 is 2.26 bits per heavy atom. The maximum absolute atomic E-state index is 6.17. The van der Waals surface area contributed by atoms with Crippen LogP contribution in [-0.4, -0.2) is 9.97 Å². The molecule has 0 fully saturated rings. The highest BCUT2D eigenvalue weighted by Gasteiger charge is 2.18. The summed E-state index contributed by atoms with van der Waals surface area (Å²) in [4.78, 5) is 7.98. The molecule has 1 aromatic heterocycles. The highest BCUT2D eigenvalue weighted by atomic mass is 35.5. The van der Waals surface area contributed by atoms with Gasteiger partial charge in [-0.1, -0.05) is 34.8 Å². The molecule has 0 aliphatic heterocycles. The van der Waals surface area contributed by atoms with Crippen LogP contribution in [-0.2, 0) is 0 Å². The minimum absolute atomic E-state index is 0.0400. The number of benzene rings is 1. The van der Waals surface area contributed by atoms with Gasteiger partial charge in [-0.3, -0.25) is 0 Å². The standard InChI is InChI=1S/C11H10Cl3N5/c1-3-9(18-11(17)19-10(3)16)4-2-5(12)8(15)7(14)6(4)13/h2H,15H2,1H3,(H4,16,17,18,19). The number of rotatable bonds is 1. The average molecular weight is 319 g/mol. The molecule has 0 bridgehead atoms. The molecular formula is C11H10Cl3N5. The van der Waals surface area contributed by atoms with Crippen molar-refractivity contribution in [3.8, 4) is 11.3 Å². The monoisotopic (exact) mass is 317 g/mol. The van der Waals surface area contributed by atoms with Crippen LogP contribution in [0.15, 0.2) is 6.07 Å². The lowest BCUT2D eigenvalue weighted by Crippen LogP contribution is -2.05. The van der Waals surface area contributed by atoms with E-state index >= 15 is 0 Å². The van der Waals surface area contributed by atoms with Crippen molar-refractivity contribution in [2.24, 2.45) is 0 Å². The first kappa shape index (κ1) is 14.0. The van der Waals surface area contributed by atoms with Gasteiger partial charge in [0.2, 0.25) is 5.95 Å². The van der Waals surface area contributed by atoms with Crippen LogP contribution >= 0.6 is 34.8 Å². The largest absolute Gasteiger partial charge is 0.396 e. The number of nitrogen functional groups attached to an aromatic ring is 3. The zero-order valence-electron chi connectivity index (χ0n) is 9.84. The Hall–Kier alpha value is -1.43.